The second-order valence-corrected chi connectivity index (χ2v) is 6.09. The lowest BCUT2D eigenvalue weighted by molar-refractivity contribution is 0.253. The molecule has 1 aliphatic rings. The Labute approximate surface area is 117 Å². The van der Waals surface area contributed by atoms with Gasteiger partial charge in [-0.2, -0.15) is 0 Å². The molecule has 0 atom stereocenters. The minimum Gasteiger partial charge on any atom is -0.396 e. The zero-order chi connectivity index (χ0) is 13.1. The van der Waals surface area contributed by atoms with E-state index in [9.17, 15) is 0 Å². The van der Waals surface area contributed by atoms with Gasteiger partial charge in [-0.15, -0.1) is 11.3 Å². The fourth-order valence-corrected chi connectivity index (χ4v) is 3.01. The predicted molar refractivity (Wildman–Crippen MR) is 79.4 cm³/mol. The van der Waals surface area contributed by atoms with Gasteiger partial charge in [-0.3, -0.25) is 0 Å². The van der Waals surface area contributed by atoms with E-state index >= 15 is 0 Å². The highest BCUT2D eigenvalue weighted by Gasteiger charge is 2.41. The molecular formula is C15H18N2OS. The van der Waals surface area contributed by atoms with Crippen molar-refractivity contribution in [3.05, 3.63) is 35.7 Å². The molecule has 100 valence electrons. The van der Waals surface area contributed by atoms with Crippen molar-refractivity contribution >= 4 is 16.5 Å². The number of aromatic nitrogens is 1. The Morgan fingerprint density at radius 2 is 2.05 bits per heavy atom. The van der Waals surface area contributed by atoms with Gasteiger partial charge in [0.25, 0.3) is 0 Å². The number of rotatable bonds is 6. The summed E-state index contributed by atoms with van der Waals surface area (Å²) in [6, 6.07) is 10.2. The number of anilines is 1. The smallest absolute Gasteiger partial charge is 0.183 e. The molecule has 0 bridgehead atoms. The highest BCUT2D eigenvalue weighted by molar-refractivity contribution is 7.14. The molecular weight excluding hydrogens is 256 g/mol. The van der Waals surface area contributed by atoms with E-state index in [1.165, 1.54) is 12.8 Å². The van der Waals surface area contributed by atoms with E-state index in [2.05, 4.69) is 27.8 Å². The Morgan fingerprint density at radius 1 is 1.26 bits per heavy atom. The highest BCUT2D eigenvalue weighted by atomic mass is 32.1. The molecule has 2 aromatic rings. The molecule has 0 amide bonds. The van der Waals surface area contributed by atoms with E-state index in [1.807, 2.05) is 18.2 Å². The Hall–Kier alpha value is -1.39. The third-order valence-corrected chi connectivity index (χ3v) is 4.59. The maximum absolute atomic E-state index is 9.05. The molecule has 0 spiro atoms. The van der Waals surface area contributed by atoms with Crippen molar-refractivity contribution in [2.45, 2.75) is 19.3 Å². The average molecular weight is 274 g/mol. The third-order valence-electron chi connectivity index (χ3n) is 3.79. The Morgan fingerprint density at radius 3 is 2.74 bits per heavy atom. The molecule has 1 aromatic carbocycles. The molecule has 3 nitrogen and oxygen atoms in total. The number of nitrogens with one attached hydrogen (secondary N) is 1. The zero-order valence-corrected chi connectivity index (χ0v) is 11.6. The Kier molecular flexibility index (Phi) is 3.53. The second-order valence-electron chi connectivity index (χ2n) is 5.23. The average Bonchev–Trinajstić information content (AvgIpc) is 3.05. The van der Waals surface area contributed by atoms with Crippen LogP contribution in [-0.4, -0.2) is 23.2 Å². The van der Waals surface area contributed by atoms with Crippen molar-refractivity contribution in [2.24, 2.45) is 5.41 Å². The molecule has 0 aliphatic heterocycles. The normalized spacial score (nSPS) is 16.3. The first-order chi connectivity index (χ1) is 9.31. The van der Waals surface area contributed by atoms with Crippen LogP contribution in [0.4, 0.5) is 5.13 Å². The summed E-state index contributed by atoms with van der Waals surface area (Å²) in [5, 5.41) is 15.5. The van der Waals surface area contributed by atoms with Crippen LogP contribution in [0.5, 0.6) is 0 Å². The summed E-state index contributed by atoms with van der Waals surface area (Å²) in [4.78, 5) is 4.62. The van der Waals surface area contributed by atoms with Crippen molar-refractivity contribution in [3.63, 3.8) is 0 Å². The molecule has 1 aromatic heterocycles. The minimum atomic E-state index is 0.287. The van der Waals surface area contributed by atoms with Crippen LogP contribution in [0.2, 0.25) is 0 Å². The summed E-state index contributed by atoms with van der Waals surface area (Å²) in [6.07, 6.45) is 3.34. The zero-order valence-electron chi connectivity index (χ0n) is 10.8. The highest BCUT2D eigenvalue weighted by Crippen LogP contribution is 2.48. The van der Waals surface area contributed by atoms with Crippen LogP contribution in [-0.2, 0) is 0 Å². The SMILES string of the molecule is OCCC1(CNc2nc(-c3ccccc3)cs2)CC1. The predicted octanol–water partition coefficient (Wildman–Crippen LogP) is 3.38. The van der Waals surface area contributed by atoms with Gasteiger partial charge in [-0.25, -0.2) is 4.98 Å². The Bertz CT molecular complexity index is 534. The molecule has 1 heterocycles. The number of aliphatic hydroxyl groups excluding tert-OH is 1. The minimum absolute atomic E-state index is 0.287. The van der Waals surface area contributed by atoms with Crippen LogP contribution in [0.15, 0.2) is 35.7 Å². The van der Waals surface area contributed by atoms with E-state index in [-0.39, 0.29) is 6.61 Å². The maximum atomic E-state index is 9.05. The standard InChI is InChI=1S/C15H18N2OS/c18-9-8-15(6-7-15)11-16-14-17-13(10-19-14)12-4-2-1-3-5-12/h1-5,10,18H,6-9,11H2,(H,16,17). The molecule has 4 heteroatoms. The van der Waals surface area contributed by atoms with Crippen LogP contribution < -0.4 is 5.32 Å². The van der Waals surface area contributed by atoms with Gasteiger partial charge in [0.2, 0.25) is 0 Å². The molecule has 1 aliphatic carbocycles. The van der Waals surface area contributed by atoms with E-state index in [0.29, 0.717) is 5.41 Å². The molecule has 1 fully saturated rings. The first-order valence-electron chi connectivity index (χ1n) is 6.67. The molecule has 19 heavy (non-hydrogen) atoms. The quantitative estimate of drug-likeness (QED) is 0.848. The van der Waals surface area contributed by atoms with E-state index in [1.54, 1.807) is 11.3 Å². The van der Waals surface area contributed by atoms with E-state index in [4.69, 9.17) is 5.11 Å². The largest absolute Gasteiger partial charge is 0.396 e. The number of hydrogen-bond acceptors (Lipinski definition) is 4. The molecule has 0 saturated heterocycles. The van der Waals surface area contributed by atoms with Gasteiger partial charge in [0.1, 0.15) is 0 Å². The molecule has 2 N–H and O–H groups in total. The lowest BCUT2D eigenvalue weighted by atomic mass is 10.0. The molecule has 1 saturated carbocycles. The monoisotopic (exact) mass is 274 g/mol. The first-order valence-corrected chi connectivity index (χ1v) is 7.55. The summed E-state index contributed by atoms with van der Waals surface area (Å²) in [6.45, 7) is 1.21. The van der Waals surface area contributed by atoms with E-state index in [0.717, 1.165) is 29.4 Å². The van der Waals surface area contributed by atoms with Gasteiger partial charge >= 0.3 is 0 Å². The van der Waals surface area contributed by atoms with Crippen molar-refractivity contribution in [1.82, 2.24) is 4.98 Å². The number of thiazole rings is 1. The van der Waals surface area contributed by atoms with Gasteiger partial charge in [0.15, 0.2) is 5.13 Å². The molecule has 3 rings (SSSR count). The van der Waals surface area contributed by atoms with Gasteiger partial charge in [-0.05, 0) is 24.7 Å². The summed E-state index contributed by atoms with van der Waals surface area (Å²) in [5.74, 6) is 0. The van der Waals surface area contributed by atoms with Crippen LogP contribution in [0.1, 0.15) is 19.3 Å². The third kappa shape index (κ3) is 2.96. The fraction of sp³-hybridized carbons (Fsp3) is 0.400. The van der Waals surface area contributed by atoms with Gasteiger partial charge in [-0.1, -0.05) is 30.3 Å². The van der Waals surface area contributed by atoms with Crippen molar-refractivity contribution < 1.29 is 5.11 Å². The molecule has 0 radical (unpaired) electrons. The Balaban J connectivity index is 1.63. The fourth-order valence-electron chi connectivity index (χ4n) is 2.29. The lowest BCUT2D eigenvalue weighted by Crippen LogP contribution is -2.16. The number of hydrogen-bond donors (Lipinski definition) is 2. The maximum Gasteiger partial charge on any atom is 0.183 e. The topological polar surface area (TPSA) is 45.1 Å². The van der Waals surface area contributed by atoms with Gasteiger partial charge in [0, 0.05) is 24.1 Å². The van der Waals surface area contributed by atoms with Gasteiger partial charge < -0.3 is 10.4 Å². The summed E-state index contributed by atoms with van der Waals surface area (Å²) < 4.78 is 0. The summed E-state index contributed by atoms with van der Waals surface area (Å²) >= 11 is 1.65. The van der Waals surface area contributed by atoms with E-state index < -0.39 is 0 Å². The second kappa shape index (κ2) is 5.31. The van der Waals surface area contributed by atoms with Crippen LogP contribution in [0.25, 0.3) is 11.3 Å². The van der Waals surface area contributed by atoms with Crippen LogP contribution in [0, 0.1) is 5.41 Å². The number of nitrogens with zero attached hydrogens (tertiary/aromatic N) is 1. The first kappa shape index (κ1) is 12.6. The van der Waals surface area contributed by atoms with Crippen molar-refractivity contribution in [1.29, 1.82) is 0 Å². The van der Waals surface area contributed by atoms with Crippen LogP contribution in [0.3, 0.4) is 0 Å². The number of benzene rings is 1. The number of aliphatic hydroxyl groups is 1. The van der Waals surface area contributed by atoms with Crippen LogP contribution >= 0.6 is 11.3 Å². The lowest BCUT2D eigenvalue weighted by Gasteiger charge is -2.13. The molecule has 0 unspecified atom stereocenters. The van der Waals surface area contributed by atoms with Gasteiger partial charge in [0.05, 0.1) is 5.69 Å². The van der Waals surface area contributed by atoms with Crippen molar-refractivity contribution in [2.75, 3.05) is 18.5 Å². The summed E-state index contributed by atoms with van der Waals surface area (Å²) in [7, 11) is 0. The van der Waals surface area contributed by atoms with Crippen molar-refractivity contribution in [3.8, 4) is 11.3 Å². The summed E-state index contributed by atoms with van der Waals surface area (Å²) in [5.41, 5.74) is 2.51.